The topological polar surface area (TPSA) is 41.6 Å². The van der Waals surface area contributed by atoms with Gasteiger partial charge in [-0.2, -0.15) is 0 Å². The standard InChI is InChI=1S/C18H21N3S/c1-11-12(2)22-18(21-11)16-10-20-17-15(16)8-14(9-19-17)13-6-4-3-5-7-13/h8-10,13H,3-7H2,1-2H3,(H,19,20). The first-order valence-corrected chi connectivity index (χ1v) is 8.95. The summed E-state index contributed by atoms with van der Waals surface area (Å²) in [5.74, 6) is 0.688. The summed E-state index contributed by atoms with van der Waals surface area (Å²) in [4.78, 5) is 14.0. The van der Waals surface area contributed by atoms with E-state index in [1.54, 1.807) is 11.3 Å². The van der Waals surface area contributed by atoms with E-state index >= 15 is 0 Å². The fraction of sp³-hybridized carbons (Fsp3) is 0.444. The van der Waals surface area contributed by atoms with Crippen LogP contribution in [-0.2, 0) is 0 Å². The number of rotatable bonds is 2. The Kier molecular flexibility index (Phi) is 3.49. The van der Waals surface area contributed by atoms with Crippen LogP contribution in [0, 0.1) is 13.8 Å². The van der Waals surface area contributed by atoms with Gasteiger partial charge in [0.1, 0.15) is 10.7 Å². The quantitative estimate of drug-likeness (QED) is 0.693. The monoisotopic (exact) mass is 311 g/mol. The lowest BCUT2D eigenvalue weighted by Crippen LogP contribution is -2.04. The van der Waals surface area contributed by atoms with E-state index in [1.165, 1.54) is 53.5 Å². The van der Waals surface area contributed by atoms with Crippen molar-refractivity contribution in [3.8, 4) is 10.6 Å². The average molecular weight is 311 g/mol. The Balaban J connectivity index is 1.79. The van der Waals surface area contributed by atoms with E-state index < -0.39 is 0 Å². The molecule has 0 radical (unpaired) electrons. The van der Waals surface area contributed by atoms with Crippen molar-refractivity contribution in [2.75, 3.05) is 0 Å². The SMILES string of the molecule is Cc1nc(-c2c[nH]c3ncc(C4CCCCC4)cc23)sc1C. The van der Waals surface area contributed by atoms with Gasteiger partial charge in [0.15, 0.2) is 0 Å². The molecule has 0 unspecified atom stereocenters. The van der Waals surface area contributed by atoms with Crippen LogP contribution in [0.3, 0.4) is 0 Å². The largest absolute Gasteiger partial charge is 0.345 e. The Morgan fingerprint density at radius 2 is 2.00 bits per heavy atom. The number of hydrogen-bond acceptors (Lipinski definition) is 3. The van der Waals surface area contributed by atoms with Crippen molar-refractivity contribution >= 4 is 22.4 Å². The Labute approximate surface area is 134 Å². The molecule has 0 amide bonds. The van der Waals surface area contributed by atoms with Gasteiger partial charge in [0.2, 0.25) is 0 Å². The van der Waals surface area contributed by atoms with Gasteiger partial charge in [0, 0.05) is 28.2 Å². The molecule has 3 heterocycles. The number of hydrogen-bond donors (Lipinski definition) is 1. The molecule has 1 saturated carbocycles. The number of H-pyrrole nitrogens is 1. The van der Waals surface area contributed by atoms with Crippen molar-refractivity contribution in [2.24, 2.45) is 0 Å². The second-order valence-corrected chi connectivity index (χ2v) is 7.57. The Hall–Kier alpha value is -1.68. The van der Waals surface area contributed by atoms with Gasteiger partial charge in [0.25, 0.3) is 0 Å². The second-order valence-electron chi connectivity index (χ2n) is 6.36. The van der Waals surface area contributed by atoms with Crippen molar-refractivity contribution in [1.29, 1.82) is 0 Å². The molecule has 1 aliphatic carbocycles. The minimum Gasteiger partial charge on any atom is -0.345 e. The van der Waals surface area contributed by atoms with Gasteiger partial charge in [-0.1, -0.05) is 19.3 Å². The van der Waals surface area contributed by atoms with Crippen LogP contribution in [0.4, 0.5) is 0 Å². The number of aromatic nitrogens is 3. The Bertz CT molecular complexity index is 789. The smallest absolute Gasteiger partial charge is 0.137 e. The highest BCUT2D eigenvalue weighted by Crippen LogP contribution is 2.36. The van der Waals surface area contributed by atoms with Gasteiger partial charge < -0.3 is 4.98 Å². The van der Waals surface area contributed by atoms with E-state index in [1.807, 2.05) is 0 Å². The number of fused-ring (bicyclic) bond motifs is 1. The molecule has 0 spiro atoms. The normalized spacial score (nSPS) is 16.5. The van der Waals surface area contributed by atoms with Crippen LogP contribution in [0.25, 0.3) is 21.6 Å². The number of nitrogens with zero attached hydrogens (tertiary/aromatic N) is 2. The van der Waals surface area contributed by atoms with E-state index in [2.05, 4.69) is 42.3 Å². The van der Waals surface area contributed by atoms with Crippen LogP contribution >= 0.6 is 11.3 Å². The maximum atomic E-state index is 4.72. The molecule has 1 fully saturated rings. The van der Waals surface area contributed by atoms with Crippen LogP contribution in [0.1, 0.15) is 54.2 Å². The summed E-state index contributed by atoms with van der Waals surface area (Å²) in [6.45, 7) is 4.22. The molecule has 0 saturated heterocycles. The van der Waals surface area contributed by atoms with Gasteiger partial charge in [-0.15, -0.1) is 11.3 Å². The maximum Gasteiger partial charge on any atom is 0.137 e. The van der Waals surface area contributed by atoms with Crippen LogP contribution < -0.4 is 0 Å². The summed E-state index contributed by atoms with van der Waals surface area (Å²) in [6, 6.07) is 2.34. The lowest BCUT2D eigenvalue weighted by Gasteiger charge is -2.21. The number of nitrogens with one attached hydrogen (secondary N) is 1. The zero-order chi connectivity index (χ0) is 15.1. The minimum atomic E-state index is 0.688. The van der Waals surface area contributed by atoms with E-state index in [-0.39, 0.29) is 0 Å². The number of pyridine rings is 1. The predicted molar refractivity (Wildman–Crippen MR) is 92.5 cm³/mol. The van der Waals surface area contributed by atoms with Gasteiger partial charge >= 0.3 is 0 Å². The summed E-state index contributed by atoms with van der Waals surface area (Å²) in [6.07, 6.45) is 10.8. The van der Waals surface area contributed by atoms with E-state index in [0.29, 0.717) is 5.92 Å². The molecule has 3 aromatic heterocycles. The van der Waals surface area contributed by atoms with Gasteiger partial charge in [-0.25, -0.2) is 9.97 Å². The van der Waals surface area contributed by atoms with Gasteiger partial charge in [-0.05, 0) is 44.2 Å². The highest BCUT2D eigenvalue weighted by Gasteiger charge is 2.18. The molecule has 114 valence electrons. The minimum absolute atomic E-state index is 0.688. The average Bonchev–Trinajstić information content (AvgIpc) is 3.11. The molecule has 0 aromatic carbocycles. The molecule has 0 atom stereocenters. The first kappa shape index (κ1) is 13.9. The molecule has 3 aromatic rings. The number of thiazole rings is 1. The summed E-state index contributed by atoms with van der Waals surface area (Å²) in [5.41, 5.74) is 4.70. The fourth-order valence-electron chi connectivity index (χ4n) is 3.44. The summed E-state index contributed by atoms with van der Waals surface area (Å²) in [5, 5.41) is 2.32. The highest BCUT2D eigenvalue weighted by atomic mass is 32.1. The van der Waals surface area contributed by atoms with Crippen LogP contribution in [0.15, 0.2) is 18.5 Å². The molecule has 0 aliphatic heterocycles. The lowest BCUT2D eigenvalue weighted by molar-refractivity contribution is 0.443. The molecule has 22 heavy (non-hydrogen) atoms. The third kappa shape index (κ3) is 2.35. The molecule has 3 nitrogen and oxygen atoms in total. The third-order valence-corrected chi connectivity index (χ3v) is 5.99. The second kappa shape index (κ2) is 5.51. The van der Waals surface area contributed by atoms with E-state index in [4.69, 9.17) is 4.98 Å². The summed E-state index contributed by atoms with van der Waals surface area (Å²) < 4.78 is 0. The first-order valence-electron chi connectivity index (χ1n) is 8.14. The van der Waals surface area contributed by atoms with Crippen molar-refractivity contribution in [2.45, 2.75) is 51.9 Å². The molecular formula is C18H21N3S. The molecule has 1 aliphatic rings. The highest BCUT2D eigenvalue weighted by molar-refractivity contribution is 7.15. The Morgan fingerprint density at radius 3 is 2.73 bits per heavy atom. The van der Waals surface area contributed by atoms with Crippen molar-refractivity contribution in [3.63, 3.8) is 0 Å². The molecule has 4 heteroatoms. The Morgan fingerprint density at radius 1 is 1.18 bits per heavy atom. The van der Waals surface area contributed by atoms with Crippen LogP contribution in [0.5, 0.6) is 0 Å². The fourth-order valence-corrected chi connectivity index (χ4v) is 4.39. The third-order valence-electron chi connectivity index (χ3n) is 4.89. The zero-order valence-corrected chi connectivity index (χ0v) is 14.0. The number of aryl methyl sites for hydroxylation is 2. The van der Waals surface area contributed by atoms with Crippen LogP contribution in [0.2, 0.25) is 0 Å². The molecule has 0 bridgehead atoms. The summed E-state index contributed by atoms with van der Waals surface area (Å²) >= 11 is 1.77. The summed E-state index contributed by atoms with van der Waals surface area (Å²) in [7, 11) is 0. The first-order chi connectivity index (χ1) is 10.7. The van der Waals surface area contributed by atoms with Crippen molar-refractivity contribution in [3.05, 3.63) is 34.6 Å². The van der Waals surface area contributed by atoms with Gasteiger partial charge in [-0.3, -0.25) is 0 Å². The number of aromatic amines is 1. The van der Waals surface area contributed by atoms with Gasteiger partial charge in [0.05, 0.1) is 5.69 Å². The predicted octanol–water partition coefficient (Wildman–Crippen LogP) is 5.35. The van der Waals surface area contributed by atoms with Crippen molar-refractivity contribution < 1.29 is 0 Å². The van der Waals surface area contributed by atoms with E-state index in [9.17, 15) is 0 Å². The maximum absolute atomic E-state index is 4.72. The van der Waals surface area contributed by atoms with Crippen LogP contribution in [-0.4, -0.2) is 15.0 Å². The lowest BCUT2D eigenvalue weighted by atomic mass is 9.84. The molecule has 4 rings (SSSR count). The van der Waals surface area contributed by atoms with Crippen molar-refractivity contribution in [1.82, 2.24) is 15.0 Å². The molecular weight excluding hydrogens is 290 g/mol. The van der Waals surface area contributed by atoms with E-state index in [0.717, 1.165) is 16.3 Å². The zero-order valence-electron chi connectivity index (χ0n) is 13.1. The molecule has 1 N–H and O–H groups in total.